The average Bonchev–Trinajstić information content (AvgIpc) is 2.93. The van der Waals surface area contributed by atoms with Crippen LogP contribution in [-0.2, 0) is 11.3 Å². The molecule has 0 spiro atoms. The first-order valence-electron chi connectivity index (χ1n) is 13.8. The summed E-state index contributed by atoms with van der Waals surface area (Å²) in [5.41, 5.74) is 0.613. The van der Waals surface area contributed by atoms with Gasteiger partial charge in [0.1, 0.15) is 11.7 Å². The first-order chi connectivity index (χ1) is 19.2. The summed E-state index contributed by atoms with van der Waals surface area (Å²) in [5, 5.41) is 11.0. The van der Waals surface area contributed by atoms with E-state index in [1.807, 2.05) is 13.8 Å². The summed E-state index contributed by atoms with van der Waals surface area (Å²) in [6, 6.07) is 16.3. The van der Waals surface area contributed by atoms with E-state index in [-0.39, 0.29) is 16.9 Å². The maximum Gasteiger partial charge on any atom is 0.417 e. The third-order valence-corrected chi connectivity index (χ3v) is 6.71. The number of carboxylic acid groups (broad SMARTS) is 1. The molecule has 0 saturated carbocycles. The number of aliphatic carboxylic acids is 1. The molecule has 0 fully saturated rings. The van der Waals surface area contributed by atoms with Crippen molar-refractivity contribution in [3.63, 3.8) is 0 Å². The van der Waals surface area contributed by atoms with Crippen molar-refractivity contribution in [3.8, 4) is 5.75 Å². The van der Waals surface area contributed by atoms with Gasteiger partial charge in [0.25, 0.3) is 0 Å². The molecule has 40 heavy (non-hydrogen) atoms. The van der Waals surface area contributed by atoms with Crippen LogP contribution in [0.4, 0.5) is 18.9 Å². The third-order valence-electron chi connectivity index (χ3n) is 6.71. The molecule has 3 rings (SSSR count). The second-order valence-corrected chi connectivity index (χ2v) is 9.51. The average molecular weight is 555 g/mol. The van der Waals surface area contributed by atoms with Crippen molar-refractivity contribution in [3.05, 3.63) is 89.7 Å². The van der Waals surface area contributed by atoms with Crippen LogP contribution in [0.15, 0.2) is 73.1 Å². The van der Waals surface area contributed by atoms with Crippen molar-refractivity contribution in [1.82, 2.24) is 0 Å². The molecular weight excluding hydrogens is 517 g/mol. The number of nitrogens with zero attached hydrogens (tertiary/aromatic N) is 2. The Kier molecular flexibility index (Phi) is 11.2. The van der Waals surface area contributed by atoms with Gasteiger partial charge >= 0.3 is 6.18 Å². The number of ether oxygens (including phenoxy) is 1. The first-order valence-corrected chi connectivity index (χ1v) is 13.8. The molecule has 0 aliphatic carbocycles. The van der Waals surface area contributed by atoms with E-state index in [9.17, 15) is 9.90 Å². The van der Waals surface area contributed by atoms with Gasteiger partial charge in [-0.15, -0.1) is 0 Å². The Balaban J connectivity index is 2.27. The van der Waals surface area contributed by atoms with Crippen LogP contribution in [0.1, 0.15) is 63.1 Å². The largest absolute Gasteiger partial charge is 0.544 e. The van der Waals surface area contributed by atoms with Gasteiger partial charge in [-0.05, 0) is 43.5 Å². The maximum atomic E-state index is 15.1. The van der Waals surface area contributed by atoms with Crippen LogP contribution in [0.25, 0.3) is 11.1 Å². The SMILES string of the molecule is CCCCCCOc1cc(N(CC)CC)ccc1/C(=C(\c1ccccc1)c1cc[n+](CC(=O)[O-])cc1)C(F)(F)F. The molecule has 1 aromatic heterocycles. The molecule has 0 radical (unpaired) electrons. The highest BCUT2D eigenvalue weighted by atomic mass is 19.4. The van der Waals surface area contributed by atoms with Gasteiger partial charge in [-0.3, -0.25) is 0 Å². The summed E-state index contributed by atoms with van der Waals surface area (Å²) in [7, 11) is 0. The monoisotopic (exact) mass is 554 g/mol. The zero-order valence-electron chi connectivity index (χ0n) is 23.3. The van der Waals surface area contributed by atoms with Crippen LogP contribution in [0.2, 0.25) is 0 Å². The van der Waals surface area contributed by atoms with Gasteiger partial charge in [0, 0.05) is 48.1 Å². The molecule has 0 saturated heterocycles. The highest BCUT2D eigenvalue weighted by Gasteiger charge is 2.40. The van der Waals surface area contributed by atoms with Crippen molar-refractivity contribution in [2.75, 3.05) is 24.6 Å². The van der Waals surface area contributed by atoms with Gasteiger partial charge in [-0.2, -0.15) is 17.7 Å². The number of carbonyl (C=O) groups is 1. The first kappa shape index (κ1) is 30.7. The van der Waals surface area contributed by atoms with Crippen LogP contribution < -0.4 is 19.3 Å². The highest BCUT2D eigenvalue weighted by molar-refractivity contribution is 6.01. The van der Waals surface area contributed by atoms with Crippen LogP contribution in [-0.4, -0.2) is 31.8 Å². The number of hydrogen-bond acceptors (Lipinski definition) is 4. The van der Waals surface area contributed by atoms with Gasteiger partial charge in [-0.25, -0.2) is 0 Å². The van der Waals surface area contributed by atoms with Gasteiger partial charge in [0.05, 0.1) is 12.2 Å². The number of rotatable bonds is 14. The minimum atomic E-state index is -4.72. The number of alkyl halides is 3. The molecule has 0 aliphatic rings. The number of pyridine rings is 1. The lowest BCUT2D eigenvalue weighted by Crippen LogP contribution is -2.43. The smallest absolute Gasteiger partial charge is 0.417 e. The second kappa shape index (κ2) is 14.5. The number of halogens is 3. The molecule has 0 bridgehead atoms. The minimum Gasteiger partial charge on any atom is -0.544 e. The second-order valence-electron chi connectivity index (χ2n) is 9.51. The molecule has 0 unspecified atom stereocenters. The fourth-order valence-electron chi connectivity index (χ4n) is 4.70. The predicted molar refractivity (Wildman–Crippen MR) is 150 cm³/mol. The lowest BCUT2D eigenvalue weighted by atomic mass is 9.89. The van der Waals surface area contributed by atoms with Crippen molar-refractivity contribution in [1.29, 1.82) is 0 Å². The van der Waals surface area contributed by atoms with Gasteiger partial charge in [0.2, 0.25) is 0 Å². The van der Waals surface area contributed by atoms with E-state index in [2.05, 4.69) is 11.8 Å². The van der Waals surface area contributed by atoms with E-state index < -0.39 is 24.3 Å². The Hall–Kier alpha value is -3.81. The summed E-state index contributed by atoms with van der Waals surface area (Å²) in [6.07, 6.45) is 1.93. The van der Waals surface area contributed by atoms with Gasteiger partial charge < -0.3 is 19.5 Å². The van der Waals surface area contributed by atoms with Crippen molar-refractivity contribution in [2.24, 2.45) is 0 Å². The Labute approximate surface area is 234 Å². The molecule has 2 aromatic carbocycles. The molecule has 0 N–H and O–H groups in total. The standard InChI is InChI=1S/C32H37F3N2O3/c1-4-7-8-12-21-40-28-22-26(37(5-2)6-3)15-16-27(28)31(32(33,34)35)30(24-13-10-9-11-14-24)25-17-19-36(20-18-25)23-29(38)39/h9-11,13-20,22H,4-8,12,21,23H2,1-3H3. The lowest BCUT2D eigenvalue weighted by Gasteiger charge is -2.25. The fraction of sp³-hybridized carbons (Fsp3) is 0.375. The van der Waals surface area contributed by atoms with Crippen molar-refractivity contribution < 1.29 is 32.4 Å². The number of unbranched alkanes of at least 4 members (excludes halogenated alkanes) is 3. The number of allylic oxidation sites excluding steroid dienone is 1. The normalized spacial score (nSPS) is 12.2. The summed E-state index contributed by atoms with van der Waals surface area (Å²) in [5.74, 6) is -1.11. The van der Waals surface area contributed by atoms with E-state index in [0.717, 1.165) is 31.4 Å². The number of carbonyl (C=O) groups excluding carboxylic acids is 1. The number of hydrogen-bond donors (Lipinski definition) is 0. The maximum absolute atomic E-state index is 15.1. The van der Waals surface area contributed by atoms with Gasteiger partial charge in [-0.1, -0.05) is 56.5 Å². The number of aromatic nitrogens is 1. The van der Waals surface area contributed by atoms with E-state index >= 15 is 13.2 Å². The van der Waals surface area contributed by atoms with E-state index in [1.54, 1.807) is 42.5 Å². The molecule has 1 heterocycles. The zero-order valence-corrected chi connectivity index (χ0v) is 23.3. The van der Waals surface area contributed by atoms with Crippen molar-refractivity contribution in [2.45, 2.75) is 59.2 Å². The third kappa shape index (κ3) is 8.10. The van der Waals surface area contributed by atoms with E-state index in [1.165, 1.54) is 35.2 Å². The molecule has 3 aromatic rings. The zero-order chi connectivity index (χ0) is 29.1. The summed E-state index contributed by atoms with van der Waals surface area (Å²) in [6.45, 7) is 7.42. The van der Waals surface area contributed by atoms with Crippen LogP contribution in [0.3, 0.4) is 0 Å². The summed E-state index contributed by atoms with van der Waals surface area (Å²) in [4.78, 5) is 13.1. The van der Waals surface area contributed by atoms with Crippen molar-refractivity contribution >= 4 is 22.8 Å². The molecule has 0 atom stereocenters. The number of benzene rings is 2. The summed E-state index contributed by atoms with van der Waals surface area (Å²) < 4.78 is 52.8. The van der Waals surface area contributed by atoms with Crippen LogP contribution in [0, 0.1) is 0 Å². The number of anilines is 1. The molecule has 214 valence electrons. The Morgan fingerprint density at radius 3 is 2.12 bits per heavy atom. The quantitative estimate of drug-likeness (QED) is 0.138. The van der Waals surface area contributed by atoms with E-state index in [0.29, 0.717) is 30.8 Å². The van der Waals surface area contributed by atoms with Crippen LogP contribution in [0.5, 0.6) is 5.75 Å². The molecule has 0 amide bonds. The Morgan fingerprint density at radius 2 is 1.55 bits per heavy atom. The Morgan fingerprint density at radius 1 is 0.900 bits per heavy atom. The van der Waals surface area contributed by atoms with Gasteiger partial charge in [0.15, 0.2) is 18.9 Å². The molecule has 8 heteroatoms. The molecular formula is C32H37F3N2O3. The van der Waals surface area contributed by atoms with Crippen LogP contribution >= 0.6 is 0 Å². The molecule has 0 aliphatic heterocycles. The topological polar surface area (TPSA) is 56.5 Å². The predicted octanol–water partition coefficient (Wildman–Crippen LogP) is 6.05. The minimum absolute atomic E-state index is 0.0138. The van der Waals surface area contributed by atoms with E-state index in [4.69, 9.17) is 4.74 Å². The molecule has 5 nitrogen and oxygen atoms in total. The highest BCUT2D eigenvalue weighted by Crippen LogP contribution is 2.46. The number of carboxylic acids is 1. The summed E-state index contributed by atoms with van der Waals surface area (Å²) >= 11 is 0. The lowest BCUT2D eigenvalue weighted by molar-refractivity contribution is -0.690. The Bertz CT molecular complexity index is 1270. The fourth-order valence-corrected chi connectivity index (χ4v) is 4.70.